The van der Waals surface area contributed by atoms with Crippen LogP contribution in [0, 0.1) is 11.3 Å². The molecule has 2 saturated carbocycles. The van der Waals surface area contributed by atoms with E-state index in [0.717, 1.165) is 11.0 Å². The summed E-state index contributed by atoms with van der Waals surface area (Å²) in [5.41, 5.74) is 13.8. The van der Waals surface area contributed by atoms with E-state index in [1.807, 2.05) is 0 Å². The molecule has 228 valence electrons. The van der Waals surface area contributed by atoms with E-state index in [2.05, 4.69) is 120 Å². The lowest BCUT2D eigenvalue weighted by Gasteiger charge is -2.37. The lowest BCUT2D eigenvalue weighted by atomic mass is 9.67. The summed E-state index contributed by atoms with van der Waals surface area (Å²) in [5, 5.41) is 5.30. The highest BCUT2D eigenvalue weighted by Gasteiger charge is 2.61. The molecule has 2 heteroatoms. The topological polar surface area (TPSA) is 25.8 Å². The Morgan fingerprint density at radius 2 is 1.15 bits per heavy atom. The summed E-state index contributed by atoms with van der Waals surface area (Å²) in [4.78, 5) is 11.1. The number of hydrogen-bond acceptors (Lipinski definition) is 2. The molecule has 46 heavy (non-hydrogen) atoms. The van der Waals surface area contributed by atoms with Crippen molar-refractivity contribution in [2.24, 2.45) is 11.3 Å². The zero-order valence-electron chi connectivity index (χ0n) is 27.7. The molecule has 0 aliphatic heterocycles. The number of rotatable bonds is 2. The number of nitrogens with zero attached hydrogens (tertiary/aromatic N) is 2. The number of benzene rings is 4. The lowest BCUT2D eigenvalue weighted by Crippen LogP contribution is -2.31. The molecule has 2 nitrogen and oxygen atoms in total. The lowest BCUT2D eigenvalue weighted by molar-refractivity contribution is 0.224. The van der Waals surface area contributed by atoms with Gasteiger partial charge in [-0.15, -0.1) is 0 Å². The summed E-state index contributed by atoms with van der Waals surface area (Å²) >= 11 is 0. The van der Waals surface area contributed by atoms with Crippen molar-refractivity contribution in [3.8, 4) is 22.5 Å². The van der Waals surface area contributed by atoms with Gasteiger partial charge in [0.1, 0.15) is 0 Å². The van der Waals surface area contributed by atoms with Crippen molar-refractivity contribution in [1.29, 1.82) is 0 Å². The normalized spacial score (nSPS) is 28.7. The second-order valence-electron chi connectivity index (χ2n) is 16.1. The van der Waals surface area contributed by atoms with E-state index in [-0.39, 0.29) is 16.2 Å². The third kappa shape index (κ3) is 3.10. The summed E-state index contributed by atoms with van der Waals surface area (Å²) in [6.45, 7) is 12.6. The summed E-state index contributed by atoms with van der Waals surface area (Å²) in [7, 11) is 0. The summed E-state index contributed by atoms with van der Waals surface area (Å²) in [5.74, 6) is 1.79. The van der Waals surface area contributed by atoms with Gasteiger partial charge in [-0.2, -0.15) is 0 Å². The van der Waals surface area contributed by atoms with Crippen LogP contribution < -0.4 is 0 Å². The zero-order chi connectivity index (χ0) is 31.2. The molecule has 2 heterocycles. The maximum absolute atomic E-state index is 5.55. The van der Waals surface area contributed by atoms with E-state index < -0.39 is 0 Å². The van der Waals surface area contributed by atoms with E-state index >= 15 is 0 Å². The third-order valence-electron chi connectivity index (χ3n) is 14.2. The Bertz CT molecular complexity index is 2180. The second-order valence-corrected chi connectivity index (χ2v) is 16.1. The van der Waals surface area contributed by atoms with Gasteiger partial charge in [-0.05, 0) is 99.4 Å². The van der Waals surface area contributed by atoms with E-state index in [1.165, 1.54) is 87.3 Å². The second kappa shape index (κ2) is 8.85. The summed E-state index contributed by atoms with van der Waals surface area (Å²) < 4.78 is 0. The van der Waals surface area contributed by atoms with Crippen LogP contribution in [0.1, 0.15) is 101 Å². The van der Waals surface area contributed by atoms with Crippen molar-refractivity contribution in [2.75, 3.05) is 0 Å². The van der Waals surface area contributed by atoms with Gasteiger partial charge in [0.05, 0.1) is 22.4 Å². The zero-order valence-corrected chi connectivity index (χ0v) is 27.7. The number of pyridine rings is 2. The summed E-state index contributed by atoms with van der Waals surface area (Å²) in [6.07, 6.45) is 6.31. The summed E-state index contributed by atoms with van der Waals surface area (Å²) in [6, 6.07) is 31.7. The molecule has 2 aromatic heterocycles. The Morgan fingerprint density at radius 3 is 1.80 bits per heavy atom. The maximum atomic E-state index is 5.55. The van der Waals surface area contributed by atoms with Gasteiger partial charge >= 0.3 is 0 Å². The van der Waals surface area contributed by atoms with Crippen LogP contribution in [0.15, 0.2) is 84.9 Å². The quantitative estimate of drug-likeness (QED) is 0.198. The van der Waals surface area contributed by atoms with Gasteiger partial charge in [0.25, 0.3) is 0 Å². The average molecular weight is 599 g/mol. The highest BCUT2D eigenvalue weighted by atomic mass is 14.8. The molecule has 4 bridgehead atoms. The SMILES string of the molecule is CC1C2CCCC1(C)c1c(-c3cccc4c(-c5nc6ccccc6c6c5C5(C)CCC6C5(C)C)cccc34)nc3ccccc3c12. The van der Waals surface area contributed by atoms with Crippen molar-refractivity contribution in [2.45, 2.75) is 89.4 Å². The Morgan fingerprint density at radius 1 is 0.587 bits per heavy atom. The van der Waals surface area contributed by atoms with Crippen molar-refractivity contribution in [3.05, 3.63) is 107 Å². The molecule has 0 amide bonds. The van der Waals surface area contributed by atoms with Crippen molar-refractivity contribution in [1.82, 2.24) is 9.97 Å². The standard InChI is InChI=1S/C44H42N2/c1-25-26-19-12-23-43(25,4)38-36(26)31-13-6-8-20-34(31)45-40(38)29-17-10-16-28-27(29)15-11-18-30(28)41-39-37(32-14-7-9-21-35(32)46-41)33-22-24-44(39,5)42(33,2)3/h6-11,13-18,20-21,25-26,33H,12,19,22-24H2,1-5H3. The minimum absolute atomic E-state index is 0.0993. The van der Waals surface area contributed by atoms with Crippen LogP contribution in [0.4, 0.5) is 0 Å². The fourth-order valence-corrected chi connectivity index (χ4v) is 11.3. The highest BCUT2D eigenvalue weighted by molar-refractivity contribution is 6.06. The number of hydrogen-bond donors (Lipinski definition) is 0. The Hall–Kier alpha value is -4.04. The molecule has 2 fully saturated rings. The van der Waals surface area contributed by atoms with Gasteiger partial charge in [0, 0.05) is 27.3 Å². The van der Waals surface area contributed by atoms with Crippen LogP contribution in [0.25, 0.3) is 55.1 Å². The van der Waals surface area contributed by atoms with Gasteiger partial charge in [0.2, 0.25) is 0 Å². The molecule has 4 aliphatic carbocycles. The maximum Gasteiger partial charge on any atom is 0.0756 e. The van der Waals surface area contributed by atoms with Crippen LogP contribution in [-0.2, 0) is 10.8 Å². The molecule has 4 aromatic carbocycles. The molecular weight excluding hydrogens is 556 g/mol. The number of para-hydroxylation sites is 2. The number of aromatic nitrogens is 2. The molecule has 5 unspecified atom stereocenters. The third-order valence-corrected chi connectivity index (χ3v) is 14.2. The first-order valence-electron chi connectivity index (χ1n) is 17.6. The van der Waals surface area contributed by atoms with Crippen molar-refractivity contribution >= 4 is 32.6 Å². The monoisotopic (exact) mass is 598 g/mol. The van der Waals surface area contributed by atoms with E-state index in [9.17, 15) is 0 Å². The van der Waals surface area contributed by atoms with Gasteiger partial charge in [-0.3, -0.25) is 0 Å². The molecule has 0 spiro atoms. The predicted octanol–water partition coefficient (Wildman–Crippen LogP) is 11.6. The van der Waals surface area contributed by atoms with Crippen molar-refractivity contribution in [3.63, 3.8) is 0 Å². The smallest absolute Gasteiger partial charge is 0.0756 e. The van der Waals surface area contributed by atoms with E-state index in [0.29, 0.717) is 17.8 Å². The van der Waals surface area contributed by atoms with Crippen LogP contribution in [-0.4, -0.2) is 9.97 Å². The van der Waals surface area contributed by atoms with Crippen LogP contribution in [0.3, 0.4) is 0 Å². The number of fused-ring (bicyclic) bond motifs is 15. The minimum Gasteiger partial charge on any atom is -0.247 e. The van der Waals surface area contributed by atoms with Crippen LogP contribution >= 0.6 is 0 Å². The first-order valence-corrected chi connectivity index (χ1v) is 17.6. The van der Waals surface area contributed by atoms with Gasteiger partial charge in [-0.25, -0.2) is 9.97 Å². The first-order chi connectivity index (χ1) is 22.2. The van der Waals surface area contributed by atoms with Gasteiger partial charge < -0.3 is 0 Å². The predicted molar refractivity (Wildman–Crippen MR) is 192 cm³/mol. The fraction of sp³-hybridized carbons (Fsp3) is 0.364. The van der Waals surface area contributed by atoms with Crippen molar-refractivity contribution < 1.29 is 0 Å². The Labute approximate surface area is 272 Å². The van der Waals surface area contributed by atoms with E-state index in [4.69, 9.17) is 9.97 Å². The van der Waals surface area contributed by atoms with Gasteiger partial charge in [0.15, 0.2) is 0 Å². The Balaban J connectivity index is 1.28. The highest BCUT2D eigenvalue weighted by Crippen LogP contribution is 2.70. The van der Waals surface area contributed by atoms with Gasteiger partial charge in [-0.1, -0.05) is 114 Å². The molecule has 5 atom stereocenters. The Kier molecular flexibility index (Phi) is 5.22. The molecule has 10 rings (SSSR count). The molecule has 0 saturated heterocycles. The molecule has 0 radical (unpaired) electrons. The molecule has 4 aliphatic rings. The molecular formula is C44H42N2. The molecule has 6 aromatic rings. The van der Waals surface area contributed by atoms with Crippen LogP contribution in [0.2, 0.25) is 0 Å². The van der Waals surface area contributed by atoms with E-state index in [1.54, 1.807) is 11.1 Å². The average Bonchev–Trinajstić information content (AvgIpc) is 3.44. The van der Waals surface area contributed by atoms with Crippen LogP contribution in [0.5, 0.6) is 0 Å². The first kappa shape index (κ1) is 27.1. The molecule has 0 N–H and O–H groups in total. The fourth-order valence-electron chi connectivity index (χ4n) is 11.3. The largest absolute Gasteiger partial charge is 0.247 e. The minimum atomic E-state index is 0.0993.